The molecule has 1 saturated heterocycles. The van der Waals surface area contributed by atoms with Crippen LogP contribution in [0.1, 0.15) is 16.1 Å². The average molecular weight is 338 g/mol. The van der Waals surface area contributed by atoms with Crippen molar-refractivity contribution in [3.8, 4) is 0 Å². The van der Waals surface area contributed by atoms with Crippen LogP contribution in [0.4, 0.5) is 10.1 Å². The Bertz CT molecular complexity index is 928. The van der Waals surface area contributed by atoms with Crippen LogP contribution in [-0.2, 0) is 0 Å². The first-order valence-electron chi connectivity index (χ1n) is 8.36. The van der Waals surface area contributed by atoms with Gasteiger partial charge in [-0.25, -0.2) is 9.37 Å². The number of piperazine rings is 1. The highest BCUT2D eigenvalue weighted by atomic mass is 19.1. The number of halogens is 1. The molecule has 3 heterocycles. The summed E-state index contributed by atoms with van der Waals surface area (Å²) in [6, 6.07) is 10.6. The number of pyridine rings is 1. The molecule has 5 nitrogen and oxygen atoms in total. The van der Waals surface area contributed by atoms with Crippen LogP contribution in [0.2, 0.25) is 0 Å². The Morgan fingerprint density at radius 1 is 1.04 bits per heavy atom. The summed E-state index contributed by atoms with van der Waals surface area (Å²) in [5.74, 6) is -0.299. The molecule has 0 atom stereocenters. The molecule has 0 radical (unpaired) electrons. The Kier molecular flexibility index (Phi) is 3.87. The van der Waals surface area contributed by atoms with E-state index >= 15 is 0 Å². The van der Waals surface area contributed by atoms with Crippen LogP contribution < -0.4 is 4.90 Å². The van der Waals surface area contributed by atoms with E-state index in [9.17, 15) is 9.18 Å². The van der Waals surface area contributed by atoms with E-state index in [1.54, 1.807) is 23.2 Å². The predicted octanol–water partition coefficient (Wildman–Crippen LogP) is 2.74. The van der Waals surface area contributed by atoms with Gasteiger partial charge in [-0.1, -0.05) is 18.2 Å². The minimum Gasteiger partial charge on any atom is -0.366 e. The molecule has 2 aromatic heterocycles. The molecule has 4 rings (SSSR count). The molecule has 0 bridgehead atoms. The Hall–Kier alpha value is -2.89. The van der Waals surface area contributed by atoms with Crippen molar-refractivity contribution in [1.29, 1.82) is 0 Å². The van der Waals surface area contributed by atoms with Crippen molar-refractivity contribution >= 4 is 17.2 Å². The first-order valence-corrected chi connectivity index (χ1v) is 8.36. The number of aryl methyl sites for hydroxylation is 1. The van der Waals surface area contributed by atoms with Gasteiger partial charge < -0.3 is 14.2 Å². The Morgan fingerprint density at radius 3 is 2.56 bits per heavy atom. The monoisotopic (exact) mass is 338 g/mol. The van der Waals surface area contributed by atoms with Gasteiger partial charge in [0.15, 0.2) is 0 Å². The molecule has 1 aliphatic rings. The van der Waals surface area contributed by atoms with Gasteiger partial charge in [0.25, 0.3) is 5.91 Å². The van der Waals surface area contributed by atoms with Crippen molar-refractivity contribution in [3.05, 3.63) is 65.9 Å². The van der Waals surface area contributed by atoms with Crippen LogP contribution in [0.5, 0.6) is 0 Å². The molecule has 0 unspecified atom stereocenters. The molecule has 1 fully saturated rings. The van der Waals surface area contributed by atoms with E-state index in [0.29, 0.717) is 37.6 Å². The summed E-state index contributed by atoms with van der Waals surface area (Å²) in [5.41, 5.74) is 2.92. The maximum absolute atomic E-state index is 13.9. The fourth-order valence-corrected chi connectivity index (χ4v) is 3.23. The first kappa shape index (κ1) is 15.6. The lowest BCUT2D eigenvalue weighted by molar-refractivity contribution is 0.0741. The fraction of sp³-hybridized carbons (Fsp3) is 0.263. The summed E-state index contributed by atoms with van der Waals surface area (Å²) >= 11 is 0. The third-order valence-corrected chi connectivity index (χ3v) is 4.58. The molecular weight excluding hydrogens is 319 g/mol. The molecule has 6 heteroatoms. The molecule has 0 spiro atoms. The Labute approximate surface area is 145 Å². The second-order valence-corrected chi connectivity index (χ2v) is 6.33. The number of carbonyl (C=O) groups is 1. The van der Waals surface area contributed by atoms with Crippen LogP contribution in [0, 0.1) is 12.7 Å². The van der Waals surface area contributed by atoms with Gasteiger partial charge in [0, 0.05) is 38.6 Å². The van der Waals surface area contributed by atoms with Gasteiger partial charge in [0.1, 0.15) is 17.2 Å². The molecule has 0 aliphatic carbocycles. The van der Waals surface area contributed by atoms with Crippen molar-refractivity contribution in [2.24, 2.45) is 0 Å². The van der Waals surface area contributed by atoms with Crippen molar-refractivity contribution < 1.29 is 9.18 Å². The van der Waals surface area contributed by atoms with E-state index in [2.05, 4.69) is 4.98 Å². The number of para-hydroxylation sites is 1. The normalized spacial score (nSPS) is 15.0. The number of nitrogens with zero attached hydrogens (tertiary/aromatic N) is 4. The lowest BCUT2D eigenvalue weighted by Gasteiger charge is -2.35. The van der Waals surface area contributed by atoms with Crippen molar-refractivity contribution in [1.82, 2.24) is 14.3 Å². The standard InChI is InChI=1S/C19H19FN4O/c1-14-6-7-18-21-16(13-24(18)12-14)19(25)23-10-8-22(9-11-23)17-5-3-2-4-15(17)20/h2-7,12-13H,8-11H2,1H3. The van der Waals surface area contributed by atoms with Gasteiger partial charge in [-0.3, -0.25) is 4.79 Å². The number of rotatable bonds is 2. The minimum absolute atomic E-state index is 0.0745. The van der Waals surface area contributed by atoms with E-state index in [4.69, 9.17) is 0 Å². The SMILES string of the molecule is Cc1ccc2nc(C(=O)N3CCN(c4ccccc4F)CC3)cn2c1. The molecule has 25 heavy (non-hydrogen) atoms. The smallest absolute Gasteiger partial charge is 0.274 e. The van der Waals surface area contributed by atoms with Crippen molar-refractivity contribution in [3.63, 3.8) is 0 Å². The van der Waals surface area contributed by atoms with Crippen LogP contribution in [0.15, 0.2) is 48.8 Å². The van der Waals surface area contributed by atoms with E-state index < -0.39 is 0 Å². The van der Waals surface area contributed by atoms with Crippen LogP contribution in [-0.4, -0.2) is 46.4 Å². The molecule has 0 N–H and O–H groups in total. The average Bonchev–Trinajstić information content (AvgIpc) is 3.05. The second kappa shape index (κ2) is 6.20. The highest BCUT2D eigenvalue weighted by Gasteiger charge is 2.25. The molecule has 128 valence electrons. The second-order valence-electron chi connectivity index (χ2n) is 6.33. The molecule has 3 aromatic rings. The summed E-state index contributed by atoms with van der Waals surface area (Å²) in [5, 5.41) is 0. The van der Waals surface area contributed by atoms with Crippen molar-refractivity contribution in [2.45, 2.75) is 6.92 Å². The highest BCUT2D eigenvalue weighted by molar-refractivity contribution is 5.93. The van der Waals surface area contributed by atoms with Gasteiger partial charge in [-0.15, -0.1) is 0 Å². The number of anilines is 1. The number of amides is 1. The van der Waals surface area contributed by atoms with Gasteiger partial charge in [-0.2, -0.15) is 0 Å². The van der Waals surface area contributed by atoms with E-state index in [-0.39, 0.29) is 11.7 Å². The molecule has 1 aliphatic heterocycles. The molecular formula is C19H19FN4O. The lowest BCUT2D eigenvalue weighted by Crippen LogP contribution is -2.49. The number of hydrogen-bond acceptors (Lipinski definition) is 3. The summed E-state index contributed by atoms with van der Waals surface area (Å²) in [7, 11) is 0. The third kappa shape index (κ3) is 2.95. The summed E-state index contributed by atoms with van der Waals surface area (Å²) in [4.78, 5) is 20.9. The van der Waals surface area contributed by atoms with E-state index in [1.807, 2.05) is 40.6 Å². The van der Waals surface area contributed by atoms with Crippen molar-refractivity contribution in [2.75, 3.05) is 31.1 Å². The maximum Gasteiger partial charge on any atom is 0.274 e. The molecule has 1 aromatic carbocycles. The van der Waals surface area contributed by atoms with Gasteiger partial charge in [0.05, 0.1) is 5.69 Å². The summed E-state index contributed by atoms with van der Waals surface area (Å²) in [6.07, 6.45) is 3.73. The highest BCUT2D eigenvalue weighted by Crippen LogP contribution is 2.20. The Balaban J connectivity index is 1.48. The number of imidazole rings is 1. The van der Waals surface area contributed by atoms with Crippen LogP contribution in [0.25, 0.3) is 5.65 Å². The zero-order valence-electron chi connectivity index (χ0n) is 14.0. The third-order valence-electron chi connectivity index (χ3n) is 4.58. The predicted molar refractivity (Wildman–Crippen MR) is 94.4 cm³/mol. The number of benzene rings is 1. The van der Waals surface area contributed by atoms with Gasteiger partial charge >= 0.3 is 0 Å². The lowest BCUT2D eigenvalue weighted by atomic mass is 10.2. The number of fused-ring (bicyclic) bond motifs is 1. The van der Waals surface area contributed by atoms with E-state index in [0.717, 1.165) is 11.2 Å². The van der Waals surface area contributed by atoms with Gasteiger partial charge in [-0.05, 0) is 30.7 Å². The zero-order valence-corrected chi connectivity index (χ0v) is 14.0. The molecule has 0 saturated carbocycles. The quantitative estimate of drug-likeness (QED) is 0.721. The summed E-state index contributed by atoms with van der Waals surface area (Å²) in [6.45, 7) is 4.33. The van der Waals surface area contributed by atoms with Crippen LogP contribution >= 0.6 is 0 Å². The minimum atomic E-state index is -0.224. The maximum atomic E-state index is 13.9. The number of carbonyl (C=O) groups excluding carboxylic acids is 1. The zero-order chi connectivity index (χ0) is 17.4. The molecule has 1 amide bonds. The topological polar surface area (TPSA) is 40.9 Å². The summed E-state index contributed by atoms with van der Waals surface area (Å²) < 4.78 is 15.8. The fourth-order valence-electron chi connectivity index (χ4n) is 3.23. The van der Waals surface area contributed by atoms with Gasteiger partial charge in [0.2, 0.25) is 0 Å². The number of hydrogen-bond donors (Lipinski definition) is 0. The van der Waals surface area contributed by atoms with Crippen LogP contribution in [0.3, 0.4) is 0 Å². The number of aromatic nitrogens is 2. The Morgan fingerprint density at radius 2 is 1.80 bits per heavy atom. The first-order chi connectivity index (χ1) is 12.1. The largest absolute Gasteiger partial charge is 0.366 e. The van der Waals surface area contributed by atoms with E-state index in [1.165, 1.54) is 6.07 Å².